The van der Waals surface area contributed by atoms with Crippen LogP contribution in [0.1, 0.15) is 19.3 Å². The summed E-state index contributed by atoms with van der Waals surface area (Å²) in [6.07, 6.45) is 2.88. The van der Waals surface area contributed by atoms with E-state index in [9.17, 15) is 0 Å². The summed E-state index contributed by atoms with van der Waals surface area (Å²) >= 11 is 0. The van der Waals surface area contributed by atoms with E-state index < -0.39 is 0 Å². The van der Waals surface area contributed by atoms with Crippen LogP contribution >= 0.6 is 17.0 Å². The second-order valence-electron chi connectivity index (χ2n) is 2.42. The third-order valence-corrected chi connectivity index (χ3v) is 1.14. The van der Waals surface area contributed by atoms with Gasteiger partial charge in [0.05, 0.1) is 6.07 Å². The van der Waals surface area contributed by atoms with Gasteiger partial charge in [-0.05, 0) is 33.5 Å². The summed E-state index contributed by atoms with van der Waals surface area (Å²) in [6, 6.07) is 2.12. The zero-order chi connectivity index (χ0) is 7.11. The van der Waals surface area contributed by atoms with Crippen molar-refractivity contribution in [1.82, 2.24) is 4.90 Å². The van der Waals surface area contributed by atoms with Crippen LogP contribution in [0.5, 0.6) is 0 Å². The first kappa shape index (κ1) is 12.6. The molecule has 10 heavy (non-hydrogen) atoms. The second kappa shape index (κ2) is 8.93. The van der Waals surface area contributed by atoms with Gasteiger partial charge in [0.25, 0.3) is 0 Å². The number of hydrogen-bond donors (Lipinski definition) is 0. The van der Waals surface area contributed by atoms with Gasteiger partial charge in [0.15, 0.2) is 0 Å². The van der Waals surface area contributed by atoms with Gasteiger partial charge < -0.3 is 4.90 Å². The molecular formula is C7H15BrN2. The molecule has 0 aliphatic rings. The molecule has 60 valence electrons. The molecule has 0 aliphatic carbocycles. The van der Waals surface area contributed by atoms with Gasteiger partial charge in [-0.3, -0.25) is 0 Å². The van der Waals surface area contributed by atoms with Crippen LogP contribution in [0.3, 0.4) is 0 Å². The van der Waals surface area contributed by atoms with Crippen molar-refractivity contribution in [3.8, 4) is 6.07 Å². The minimum Gasteiger partial charge on any atom is -0.309 e. The van der Waals surface area contributed by atoms with Crippen molar-refractivity contribution in [3.05, 3.63) is 0 Å². The van der Waals surface area contributed by atoms with Crippen LogP contribution < -0.4 is 0 Å². The van der Waals surface area contributed by atoms with Crippen LogP contribution in [-0.2, 0) is 0 Å². The first-order chi connectivity index (χ1) is 4.27. The average Bonchev–Trinajstić information content (AvgIpc) is 1.80. The molecule has 0 aromatic heterocycles. The minimum atomic E-state index is 0. The van der Waals surface area contributed by atoms with E-state index in [4.69, 9.17) is 5.26 Å². The van der Waals surface area contributed by atoms with Gasteiger partial charge in [-0.15, -0.1) is 17.0 Å². The lowest BCUT2D eigenvalue weighted by molar-refractivity contribution is 0.395. The van der Waals surface area contributed by atoms with Crippen LogP contribution in [0, 0.1) is 11.3 Å². The van der Waals surface area contributed by atoms with E-state index in [1.54, 1.807) is 0 Å². The standard InChI is InChI=1S/C7H14N2.BrH/c1-9(2)7-5-3-4-6-8;/h3-5,7H2,1-2H3;1H. The van der Waals surface area contributed by atoms with Crippen molar-refractivity contribution in [1.29, 1.82) is 5.26 Å². The van der Waals surface area contributed by atoms with Crippen molar-refractivity contribution in [2.24, 2.45) is 0 Å². The Hall–Kier alpha value is -0.0700. The fraction of sp³-hybridized carbons (Fsp3) is 0.857. The van der Waals surface area contributed by atoms with Crippen molar-refractivity contribution >= 4 is 17.0 Å². The highest BCUT2D eigenvalue weighted by molar-refractivity contribution is 8.93. The zero-order valence-electron chi connectivity index (χ0n) is 6.63. The summed E-state index contributed by atoms with van der Waals surface area (Å²) < 4.78 is 0. The number of nitrogens with zero attached hydrogens (tertiary/aromatic N) is 2. The summed E-state index contributed by atoms with van der Waals surface area (Å²) in [5.74, 6) is 0. The fourth-order valence-corrected chi connectivity index (χ4v) is 0.632. The van der Waals surface area contributed by atoms with Crippen LogP contribution in [-0.4, -0.2) is 25.5 Å². The molecule has 0 unspecified atom stereocenters. The van der Waals surface area contributed by atoms with Gasteiger partial charge in [0.1, 0.15) is 0 Å². The lowest BCUT2D eigenvalue weighted by Crippen LogP contribution is -2.12. The Morgan fingerprint density at radius 1 is 1.30 bits per heavy atom. The van der Waals surface area contributed by atoms with Crippen molar-refractivity contribution in [2.75, 3.05) is 20.6 Å². The van der Waals surface area contributed by atoms with Gasteiger partial charge >= 0.3 is 0 Å². The molecule has 0 saturated heterocycles. The maximum absolute atomic E-state index is 8.17. The second-order valence-corrected chi connectivity index (χ2v) is 2.42. The summed E-state index contributed by atoms with van der Waals surface area (Å²) in [5.41, 5.74) is 0. The quantitative estimate of drug-likeness (QED) is 0.657. The highest BCUT2D eigenvalue weighted by Crippen LogP contribution is 1.93. The lowest BCUT2D eigenvalue weighted by Gasteiger charge is -2.06. The van der Waals surface area contributed by atoms with E-state index in [0.29, 0.717) is 6.42 Å². The first-order valence-corrected chi connectivity index (χ1v) is 3.29. The highest BCUT2D eigenvalue weighted by Gasteiger charge is 1.88. The Kier molecular flexibility index (Phi) is 11.2. The number of rotatable bonds is 4. The molecule has 0 amide bonds. The minimum absolute atomic E-state index is 0. The molecule has 0 fully saturated rings. The Bertz CT molecular complexity index is 96.3. The molecule has 0 aromatic rings. The third-order valence-electron chi connectivity index (χ3n) is 1.14. The maximum atomic E-state index is 8.17. The predicted octanol–water partition coefficient (Wildman–Crippen LogP) is 1.82. The summed E-state index contributed by atoms with van der Waals surface area (Å²) in [7, 11) is 4.10. The summed E-state index contributed by atoms with van der Waals surface area (Å²) in [5, 5.41) is 8.17. The third kappa shape index (κ3) is 10.8. The summed E-state index contributed by atoms with van der Waals surface area (Å²) in [4.78, 5) is 2.14. The molecule has 0 bridgehead atoms. The van der Waals surface area contributed by atoms with E-state index in [1.807, 2.05) is 14.1 Å². The number of hydrogen-bond acceptors (Lipinski definition) is 2. The molecule has 0 atom stereocenters. The van der Waals surface area contributed by atoms with E-state index >= 15 is 0 Å². The van der Waals surface area contributed by atoms with Crippen molar-refractivity contribution in [3.63, 3.8) is 0 Å². The normalized spacial score (nSPS) is 8.60. The van der Waals surface area contributed by atoms with E-state index in [2.05, 4.69) is 11.0 Å². The molecule has 0 N–H and O–H groups in total. The Morgan fingerprint density at radius 3 is 2.30 bits per heavy atom. The molecule has 0 spiro atoms. The zero-order valence-corrected chi connectivity index (χ0v) is 8.34. The number of nitriles is 1. The van der Waals surface area contributed by atoms with Crippen LogP contribution in [0.25, 0.3) is 0 Å². The van der Waals surface area contributed by atoms with Gasteiger partial charge in [0, 0.05) is 6.42 Å². The van der Waals surface area contributed by atoms with Crippen LogP contribution in [0.4, 0.5) is 0 Å². The predicted molar refractivity (Wildman–Crippen MR) is 48.3 cm³/mol. The van der Waals surface area contributed by atoms with Crippen molar-refractivity contribution < 1.29 is 0 Å². The molecule has 0 aromatic carbocycles. The van der Waals surface area contributed by atoms with E-state index in [1.165, 1.54) is 0 Å². The fourth-order valence-electron chi connectivity index (χ4n) is 0.632. The molecular weight excluding hydrogens is 192 g/mol. The first-order valence-electron chi connectivity index (χ1n) is 3.29. The maximum Gasteiger partial charge on any atom is 0.0621 e. The SMILES string of the molecule is Br.CN(C)CCCCC#N. The Labute approximate surface area is 73.6 Å². The average molecular weight is 207 g/mol. The van der Waals surface area contributed by atoms with Gasteiger partial charge in [0.2, 0.25) is 0 Å². The summed E-state index contributed by atoms with van der Waals surface area (Å²) in [6.45, 7) is 1.10. The van der Waals surface area contributed by atoms with Gasteiger partial charge in [-0.2, -0.15) is 5.26 Å². The van der Waals surface area contributed by atoms with Gasteiger partial charge in [-0.25, -0.2) is 0 Å². The smallest absolute Gasteiger partial charge is 0.0621 e. The molecule has 2 nitrogen and oxygen atoms in total. The monoisotopic (exact) mass is 206 g/mol. The van der Waals surface area contributed by atoms with E-state index in [-0.39, 0.29) is 17.0 Å². The van der Waals surface area contributed by atoms with Crippen LogP contribution in [0.2, 0.25) is 0 Å². The molecule has 0 saturated carbocycles. The topological polar surface area (TPSA) is 27.0 Å². The van der Waals surface area contributed by atoms with Crippen molar-refractivity contribution in [2.45, 2.75) is 19.3 Å². The number of halogens is 1. The highest BCUT2D eigenvalue weighted by atomic mass is 79.9. The lowest BCUT2D eigenvalue weighted by atomic mass is 10.2. The molecule has 0 rings (SSSR count). The van der Waals surface area contributed by atoms with E-state index in [0.717, 1.165) is 19.4 Å². The van der Waals surface area contributed by atoms with Crippen LogP contribution in [0.15, 0.2) is 0 Å². The molecule has 3 heteroatoms. The largest absolute Gasteiger partial charge is 0.309 e. The molecule has 0 aliphatic heterocycles. The Morgan fingerprint density at radius 2 is 1.90 bits per heavy atom. The molecule has 0 heterocycles. The number of unbranched alkanes of at least 4 members (excludes halogenated alkanes) is 2. The van der Waals surface area contributed by atoms with Gasteiger partial charge in [-0.1, -0.05) is 0 Å². The Balaban J connectivity index is 0. The molecule has 0 radical (unpaired) electrons.